The van der Waals surface area contributed by atoms with E-state index in [1.165, 1.54) is 6.92 Å². The predicted octanol–water partition coefficient (Wildman–Crippen LogP) is 4.10. The van der Waals surface area contributed by atoms with E-state index in [-0.39, 0.29) is 12.1 Å². The summed E-state index contributed by atoms with van der Waals surface area (Å²) in [6, 6.07) is 5.64. The van der Waals surface area contributed by atoms with E-state index in [2.05, 4.69) is 6.58 Å². The zero-order chi connectivity index (χ0) is 14.9. The summed E-state index contributed by atoms with van der Waals surface area (Å²) >= 11 is 0. The molecule has 1 aromatic carbocycles. The van der Waals surface area contributed by atoms with E-state index in [0.717, 1.165) is 22.1 Å². The van der Waals surface area contributed by atoms with Crippen molar-refractivity contribution in [2.45, 2.75) is 26.9 Å². The van der Waals surface area contributed by atoms with Crippen LogP contribution >= 0.6 is 0 Å². The Labute approximate surface area is 118 Å². The Morgan fingerprint density at radius 1 is 1.35 bits per heavy atom. The number of furan rings is 1. The van der Waals surface area contributed by atoms with Crippen LogP contribution in [0, 0.1) is 0 Å². The molecular weight excluding hydrogens is 256 g/mol. The van der Waals surface area contributed by atoms with E-state index in [4.69, 9.17) is 13.9 Å². The average molecular weight is 274 g/mol. The van der Waals surface area contributed by atoms with E-state index in [1.807, 2.05) is 32.0 Å². The first-order valence-electron chi connectivity index (χ1n) is 6.37. The maximum atomic E-state index is 11.0. The van der Waals surface area contributed by atoms with Crippen molar-refractivity contribution in [1.29, 1.82) is 0 Å². The molecule has 0 saturated heterocycles. The first-order chi connectivity index (χ1) is 9.43. The summed E-state index contributed by atoms with van der Waals surface area (Å²) in [6.45, 7) is 8.97. The molecule has 4 heteroatoms. The summed E-state index contributed by atoms with van der Waals surface area (Å²) in [4.78, 5) is 11.0. The number of carbonyl (C=O) groups is 1. The molecule has 0 saturated carbocycles. The van der Waals surface area contributed by atoms with Gasteiger partial charge in [-0.1, -0.05) is 12.6 Å². The molecule has 0 N–H and O–H groups in total. The number of allylic oxidation sites excluding steroid dienone is 1. The van der Waals surface area contributed by atoms with Crippen molar-refractivity contribution in [2.24, 2.45) is 0 Å². The van der Waals surface area contributed by atoms with Crippen LogP contribution in [0.1, 0.15) is 38.2 Å². The lowest BCUT2D eigenvalue weighted by molar-refractivity contribution is -0.145. The molecule has 0 radical (unpaired) electrons. The molecule has 2 rings (SSSR count). The highest BCUT2D eigenvalue weighted by Gasteiger charge is 2.17. The summed E-state index contributed by atoms with van der Waals surface area (Å²) in [5.41, 5.74) is 2.41. The lowest BCUT2D eigenvalue weighted by atomic mass is 10.1. The Morgan fingerprint density at radius 3 is 2.60 bits per heavy atom. The van der Waals surface area contributed by atoms with Crippen LogP contribution in [0.4, 0.5) is 0 Å². The molecule has 0 fully saturated rings. The number of carbonyl (C=O) groups excluding carboxylic acids is 1. The highest BCUT2D eigenvalue weighted by Crippen LogP contribution is 2.37. The molecule has 0 aliphatic rings. The Bertz CT molecular complexity index is 666. The van der Waals surface area contributed by atoms with Gasteiger partial charge >= 0.3 is 5.97 Å². The molecule has 4 nitrogen and oxygen atoms in total. The van der Waals surface area contributed by atoms with Crippen LogP contribution in [0.25, 0.3) is 16.5 Å². The SMILES string of the molecule is C=C(C)c1oc2ccc([C@H](C)OC(C)=O)cc2c1OC. The standard InChI is InChI=1S/C16H18O4/c1-9(2)15-16(18-5)13-8-12(6-7-14(13)20-15)10(3)19-11(4)17/h6-8,10H,1H2,2-5H3/t10-/m0/s1. The van der Waals surface area contributed by atoms with Crippen LogP contribution in [-0.4, -0.2) is 13.1 Å². The van der Waals surface area contributed by atoms with E-state index in [1.54, 1.807) is 7.11 Å². The van der Waals surface area contributed by atoms with Crippen molar-refractivity contribution >= 4 is 22.5 Å². The first kappa shape index (κ1) is 14.2. The minimum atomic E-state index is -0.315. The minimum Gasteiger partial charge on any atom is -0.492 e. The van der Waals surface area contributed by atoms with Gasteiger partial charge in [0.05, 0.1) is 12.5 Å². The second-order valence-electron chi connectivity index (χ2n) is 4.75. The molecule has 106 valence electrons. The van der Waals surface area contributed by atoms with Gasteiger partial charge in [-0.25, -0.2) is 0 Å². The predicted molar refractivity (Wildman–Crippen MR) is 77.7 cm³/mol. The number of rotatable bonds is 4. The van der Waals surface area contributed by atoms with Gasteiger partial charge in [-0.2, -0.15) is 0 Å². The van der Waals surface area contributed by atoms with Crippen molar-refractivity contribution in [3.8, 4) is 5.75 Å². The summed E-state index contributed by atoms with van der Waals surface area (Å²) in [5, 5.41) is 0.849. The fraction of sp³-hybridized carbons (Fsp3) is 0.312. The zero-order valence-electron chi connectivity index (χ0n) is 12.1. The van der Waals surface area contributed by atoms with E-state index >= 15 is 0 Å². The summed E-state index contributed by atoms with van der Waals surface area (Å²) in [5.74, 6) is 0.989. The Kier molecular flexibility index (Phi) is 3.84. The molecule has 0 amide bonds. The third-order valence-corrected chi connectivity index (χ3v) is 3.07. The molecule has 0 aliphatic heterocycles. The normalized spacial score (nSPS) is 12.2. The van der Waals surface area contributed by atoms with Crippen molar-refractivity contribution in [2.75, 3.05) is 7.11 Å². The largest absolute Gasteiger partial charge is 0.492 e. The van der Waals surface area contributed by atoms with Gasteiger partial charge in [0.15, 0.2) is 11.5 Å². The van der Waals surface area contributed by atoms with Gasteiger partial charge < -0.3 is 13.9 Å². The van der Waals surface area contributed by atoms with Gasteiger partial charge in [0.2, 0.25) is 0 Å². The third kappa shape index (κ3) is 2.54. The summed E-state index contributed by atoms with van der Waals surface area (Å²) in [6.07, 6.45) is -0.315. The van der Waals surface area contributed by atoms with Crippen LogP contribution in [0.15, 0.2) is 29.2 Å². The second-order valence-corrected chi connectivity index (χ2v) is 4.75. The summed E-state index contributed by atoms with van der Waals surface area (Å²) < 4.78 is 16.3. The Morgan fingerprint density at radius 2 is 2.05 bits per heavy atom. The number of esters is 1. The van der Waals surface area contributed by atoms with Crippen LogP contribution in [-0.2, 0) is 9.53 Å². The monoisotopic (exact) mass is 274 g/mol. The van der Waals surface area contributed by atoms with Gasteiger partial charge in [-0.3, -0.25) is 4.79 Å². The maximum Gasteiger partial charge on any atom is 0.303 e. The number of hydrogen-bond acceptors (Lipinski definition) is 4. The molecule has 0 bridgehead atoms. The Hall–Kier alpha value is -2.23. The van der Waals surface area contributed by atoms with Gasteiger partial charge in [0.25, 0.3) is 0 Å². The topological polar surface area (TPSA) is 48.7 Å². The molecule has 20 heavy (non-hydrogen) atoms. The van der Waals surface area contributed by atoms with Crippen molar-refractivity contribution in [3.63, 3.8) is 0 Å². The molecule has 2 aromatic rings. The van der Waals surface area contributed by atoms with Gasteiger partial charge in [-0.15, -0.1) is 0 Å². The number of hydrogen-bond donors (Lipinski definition) is 0. The van der Waals surface area contributed by atoms with E-state index < -0.39 is 0 Å². The molecule has 0 unspecified atom stereocenters. The van der Waals surface area contributed by atoms with Gasteiger partial charge in [-0.05, 0) is 37.1 Å². The van der Waals surface area contributed by atoms with E-state index in [9.17, 15) is 4.79 Å². The molecule has 0 spiro atoms. The molecule has 1 aromatic heterocycles. The first-order valence-corrected chi connectivity index (χ1v) is 6.37. The van der Waals surface area contributed by atoms with Gasteiger partial charge in [0.1, 0.15) is 11.7 Å². The van der Waals surface area contributed by atoms with E-state index in [0.29, 0.717) is 11.5 Å². The minimum absolute atomic E-state index is 0.306. The van der Waals surface area contributed by atoms with Crippen LogP contribution < -0.4 is 4.74 Å². The van der Waals surface area contributed by atoms with Crippen LogP contribution in [0.3, 0.4) is 0 Å². The van der Waals surface area contributed by atoms with Crippen molar-refractivity contribution < 1.29 is 18.7 Å². The molecule has 0 aliphatic carbocycles. The lowest BCUT2D eigenvalue weighted by Crippen LogP contribution is -2.04. The fourth-order valence-corrected chi connectivity index (χ4v) is 2.15. The smallest absolute Gasteiger partial charge is 0.303 e. The van der Waals surface area contributed by atoms with Crippen molar-refractivity contribution in [3.05, 3.63) is 36.1 Å². The lowest BCUT2D eigenvalue weighted by Gasteiger charge is -2.12. The Balaban J connectivity index is 2.52. The molecule has 1 atom stereocenters. The molecule has 1 heterocycles. The zero-order valence-corrected chi connectivity index (χ0v) is 12.1. The number of fused-ring (bicyclic) bond motifs is 1. The quantitative estimate of drug-likeness (QED) is 0.787. The van der Waals surface area contributed by atoms with Crippen molar-refractivity contribution in [1.82, 2.24) is 0 Å². The number of methoxy groups -OCH3 is 1. The average Bonchev–Trinajstić information content (AvgIpc) is 2.75. The van der Waals surface area contributed by atoms with Crippen LogP contribution in [0.2, 0.25) is 0 Å². The number of ether oxygens (including phenoxy) is 2. The van der Waals surface area contributed by atoms with Gasteiger partial charge in [0, 0.05) is 6.92 Å². The highest BCUT2D eigenvalue weighted by atomic mass is 16.5. The highest BCUT2D eigenvalue weighted by molar-refractivity contribution is 5.90. The summed E-state index contributed by atoms with van der Waals surface area (Å²) in [7, 11) is 1.60. The second kappa shape index (κ2) is 5.41. The fourth-order valence-electron chi connectivity index (χ4n) is 2.15. The van der Waals surface area contributed by atoms with Crippen LogP contribution in [0.5, 0.6) is 5.75 Å². The maximum absolute atomic E-state index is 11.0. The third-order valence-electron chi connectivity index (χ3n) is 3.07. The number of benzene rings is 1. The molecular formula is C16H18O4.